The number of esters is 1. The van der Waals surface area contributed by atoms with Crippen LogP contribution in [-0.2, 0) is 9.53 Å². The quantitative estimate of drug-likeness (QED) is 0.419. The van der Waals surface area contributed by atoms with Gasteiger partial charge in [-0.25, -0.2) is 4.79 Å². The second kappa shape index (κ2) is 2.81. The van der Waals surface area contributed by atoms with E-state index in [-0.39, 0.29) is 18.1 Å². The number of aliphatic hydroxyl groups excluding tert-OH is 1. The Morgan fingerprint density at radius 2 is 2.29 bits per heavy atom. The normalized spacial score (nSPS) is 47.5. The van der Waals surface area contributed by atoms with Crippen LogP contribution in [0, 0.1) is 11.8 Å². The molecule has 2 fully saturated rings. The number of hydrogen-bond acceptors (Lipinski definition) is 4. The first kappa shape index (κ1) is 9.68. The fourth-order valence-corrected chi connectivity index (χ4v) is 2.51. The molecule has 1 aliphatic heterocycles. The van der Waals surface area contributed by atoms with Crippen molar-refractivity contribution in [2.75, 3.05) is 6.61 Å². The summed E-state index contributed by atoms with van der Waals surface area (Å²) in [5.41, 5.74) is -0.930. The molecule has 0 aromatic rings. The van der Waals surface area contributed by atoms with E-state index in [1.807, 2.05) is 6.92 Å². The first-order valence-corrected chi connectivity index (χ1v) is 4.73. The Morgan fingerprint density at radius 3 is 2.93 bits per heavy atom. The molecule has 0 aromatic carbocycles. The highest BCUT2D eigenvalue weighted by Gasteiger charge is 2.57. The fourth-order valence-electron chi connectivity index (χ4n) is 2.51. The lowest BCUT2D eigenvalue weighted by Crippen LogP contribution is -2.51. The maximum Gasteiger partial charge on any atom is 0.334 e. The lowest BCUT2D eigenvalue weighted by molar-refractivity contribution is -0.165. The maximum absolute atomic E-state index is 11.2. The number of hydrogen-bond donors (Lipinski definition) is 2. The zero-order chi connectivity index (χ0) is 10.5. The Balaban J connectivity index is 2.37. The molecule has 0 aromatic heterocycles. The van der Waals surface area contributed by atoms with E-state index in [4.69, 9.17) is 4.74 Å². The summed E-state index contributed by atoms with van der Waals surface area (Å²) in [6, 6.07) is 0. The largest absolute Gasteiger partial charge is 0.459 e. The molecule has 2 N–H and O–H groups in total. The minimum atomic E-state index is -1.12. The number of rotatable bonds is 0. The summed E-state index contributed by atoms with van der Waals surface area (Å²) in [6.07, 6.45) is -0.202. The number of carbonyl (C=O) groups excluding carboxylic acids is 1. The van der Waals surface area contributed by atoms with Crippen molar-refractivity contribution in [2.24, 2.45) is 11.8 Å². The molecule has 1 saturated heterocycles. The highest BCUT2D eigenvalue weighted by molar-refractivity contribution is 5.89. The third kappa shape index (κ3) is 1.04. The number of cyclic esters (lactones) is 1. The van der Waals surface area contributed by atoms with Crippen molar-refractivity contribution in [1.29, 1.82) is 0 Å². The molecule has 0 spiro atoms. The van der Waals surface area contributed by atoms with E-state index in [1.165, 1.54) is 0 Å². The Labute approximate surface area is 82.2 Å². The zero-order valence-electron chi connectivity index (χ0n) is 8.06. The third-order valence-electron chi connectivity index (χ3n) is 3.44. The smallest absolute Gasteiger partial charge is 0.334 e. The lowest BCUT2D eigenvalue weighted by atomic mass is 9.79. The zero-order valence-corrected chi connectivity index (χ0v) is 8.06. The molecule has 4 heteroatoms. The van der Waals surface area contributed by atoms with E-state index in [9.17, 15) is 15.0 Å². The highest BCUT2D eigenvalue weighted by atomic mass is 16.5. The van der Waals surface area contributed by atoms with Gasteiger partial charge in [-0.05, 0) is 12.3 Å². The van der Waals surface area contributed by atoms with Crippen LogP contribution in [0.4, 0.5) is 0 Å². The number of ether oxygens (including phenoxy) is 1. The maximum atomic E-state index is 11.2. The molecule has 4 atom stereocenters. The van der Waals surface area contributed by atoms with E-state index in [0.717, 1.165) is 0 Å². The first-order chi connectivity index (χ1) is 6.47. The van der Waals surface area contributed by atoms with Gasteiger partial charge in [-0.3, -0.25) is 0 Å². The van der Waals surface area contributed by atoms with Crippen LogP contribution in [0.2, 0.25) is 0 Å². The standard InChI is InChI=1S/C10H14O4/c1-5-3-7(11)8-6(2)9(12)14-4-10(5,8)13/h5,7-8,11,13H,2-4H2,1H3/t5-,7-,8-,10-/m0/s1. The molecule has 0 radical (unpaired) electrons. The number of fused-ring (bicyclic) bond motifs is 1. The van der Waals surface area contributed by atoms with Crippen LogP contribution in [0.15, 0.2) is 12.2 Å². The average molecular weight is 198 g/mol. The monoisotopic (exact) mass is 198 g/mol. The van der Waals surface area contributed by atoms with Gasteiger partial charge in [0.2, 0.25) is 0 Å². The summed E-state index contributed by atoms with van der Waals surface area (Å²) < 4.78 is 4.83. The van der Waals surface area contributed by atoms with Crippen molar-refractivity contribution < 1.29 is 19.7 Å². The lowest BCUT2D eigenvalue weighted by Gasteiger charge is -2.38. The van der Waals surface area contributed by atoms with Crippen molar-refractivity contribution >= 4 is 5.97 Å². The molecule has 1 aliphatic carbocycles. The third-order valence-corrected chi connectivity index (χ3v) is 3.44. The Bertz CT molecular complexity index is 298. The summed E-state index contributed by atoms with van der Waals surface area (Å²) in [5.74, 6) is -1.14. The molecule has 1 saturated carbocycles. The first-order valence-electron chi connectivity index (χ1n) is 4.73. The number of carbonyl (C=O) groups is 1. The minimum absolute atomic E-state index is 0.0340. The van der Waals surface area contributed by atoms with Crippen molar-refractivity contribution in [3.8, 4) is 0 Å². The van der Waals surface area contributed by atoms with Gasteiger partial charge in [0.15, 0.2) is 0 Å². The molecule has 0 bridgehead atoms. The molecular formula is C10H14O4. The Morgan fingerprint density at radius 1 is 1.64 bits per heavy atom. The van der Waals surface area contributed by atoms with Crippen LogP contribution in [-0.4, -0.2) is 34.5 Å². The van der Waals surface area contributed by atoms with E-state index in [0.29, 0.717) is 6.42 Å². The van der Waals surface area contributed by atoms with Crippen molar-refractivity contribution in [3.63, 3.8) is 0 Å². The van der Waals surface area contributed by atoms with Gasteiger partial charge in [0.05, 0.1) is 6.10 Å². The molecule has 14 heavy (non-hydrogen) atoms. The predicted molar refractivity (Wildman–Crippen MR) is 48.3 cm³/mol. The van der Waals surface area contributed by atoms with Gasteiger partial charge >= 0.3 is 5.97 Å². The molecule has 2 rings (SSSR count). The van der Waals surface area contributed by atoms with E-state index < -0.39 is 23.6 Å². The van der Waals surface area contributed by atoms with Gasteiger partial charge in [0.25, 0.3) is 0 Å². The van der Waals surface area contributed by atoms with Crippen LogP contribution in [0.5, 0.6) is 0 Å². The molecule has 4 nitrogen and oxygen atoms in total. The highest BCUT2D eigenvalue weighted by Crippen LogP contribution is 2.46. The summed E-state index contributed by atoms with van der Waals surface area (Å²) in [5, 5.41) is 20.0. The second-order valence-corrected chi connectivity index (χ2v) is 4.27. The molecule has 1 heterocycles. The number of aliphatic hydroxyl groups is 2. The van der Waals surface area contributed by atoms with Crippen LogP contribution >= 0.6 is 0 Å². The van der Waals surface area contributed by atoms with Gasteiger partial charge in [0.1, 0.15) is 12.2 Å². The topological polar surface area (TPSA) is 66.8 Å². The Kier molecular flexibility index (Phi) is 1.94. The molecular weight excluding hydrogens is 184 g/mol. The van der Waals surface area contributed by atoms with Gasteiger partial charge < -0.3 is 14.9 Å². The van der Waals surface area contributed by atoms with Crippen LogP contribution in [0.3, 0.4) is 0 Å². The summed E-state index contributed by atoms with van der Waals surface area (Å²) in [6.45, 7) is 5.38. The Hall–Kier alpha value is -0.870. The van der Waals surface area contributed by atoms with Crippen molar-refractivity contribution in [1.82, 2.24) is 0 Å². The van der Waals surface area contributed by atoms with Crippen molar-refractivity contribution in [2.45, 2.75) is 25.0 Å². The second-order valence-electron chi connectivity index (χ2n) is 4.27. The van der Waals surface area contributed by atoms with Gasteiger partial charge in [-0.15, -0.1) is 0 Å². The van der Waals surface area contributed by atoms with Gasteiger partial charge in [-0.1, -0.05) is 13.5 Å². The van der Waals surface area contributed by atoms with Crippen LogP contribution in [0.25, 0.3) is 0 Å². The minimum Gasteiger partial charge on any atom is -0.459 e. The van der Waals surface area contributed by atoms with Gasteiger partial charge in [-0.2, -0.15) is 0 Å². The van der Waals surface area contributed by atoms with E-state index in [2.05, 4.69) is 6.58 Å². The molecule has 2 aliphatic rings. The van der Waals surface area contributed by atoms with Gasteiger partial charge in [0, 0.05) is 11.5 Å². The molecule has 0 unspecified atom stereocenters. The predicted octanol–water partition coefficient (Wildman–Crippen LogP) is -0.153. The average Bonchev–Trinajstić information content (AvgIpc) is 2.33. The van der Waals surface area contributed by atoms with E-state index in [1.54, 1.807) is 0 Å². The SMILES string of the molecule is C=C1C(=O)OC[C@]2(O)[C@@H](C)C[C@H](O)[C@H]12. The van der Waals surface area contributed by atoms with Crippen LogP contribution < -0.4 is 0 Å². The summed E-state index contributed by atoms with van der Waals surface area (Å²) in [4.78, 5) is 11.2. The van der Waals surface area contributed by atoms with Crippen LogP contribution in [0.1, 0.15) is 13.3 Å². The van der Waals surface area contributed by atoms with E-state index >= 15 is 0 Å². The summed E-state index contributed by atoms with van der Waals surface area (Å²) >= 11 is 0. The van der Waals surface area contributed by atoms with Crippen molar-refractivity contribution in [3.05, 3.63) is 12.2 Å². The molecule has 0 amide bonds. The summed E-state index contributed by atoms with van der Waals surface area (Å²) in [7, 11) is 0. The fraction of sp³-hybridized carbons (Fsp3) is 0.700. The molecule has 78 valence electrons.